The second-order valence-corrected chi connectivity index (χ2v) is 7.39. The number of anilines is 2. The van der Waals surface area contributed by atoms with E-state index in [0.29, 0.717) is 5.82 Å². The van der Waals surface area contributed by atoms with E-state index >= 15 is 0 Å². The molecule has 0 unspecified atom stereocenters. The molecule has 156 valence electrons. The zero-order valence-corrected chi connectivity index (χ0v) is 17.3. The summed E-state index contributed by atoms with van der Waals surface area (Å²) in [5, 5.41) is 4.61. The van der Waals surface area contributed by atoms with Gasteiger partial charge in [-0.3, -0.25) is 4.79 Å². The highest BCUT2D eigenvalue weighted by Gasteiger charge is 2.16. The molecule has 0 atom stereocenters. The van der Waals surface area contributed by atoms with Crippen molar-refractivity contribution in [2.24, 2.45) is 7.05 Å². The van der Waals surface area contributed by atoms with E-state index in [1.807, 2.05) is 42.9 Å². The van der Waals surface area contributed by atoms with Crippen LogP contribution >= 0.6 is 0 Å². The van der Waals surface area contributed by atoms with Gasteiger partial charge in [-0.2, -0.15) is 0 Å². The third kappa shape index (κ3) is 3.74. The van der Waals surface area contributed by atoms with Gasteiger partial charge in [0, 0.05) is 54.4 Å². The number of nitrogens with zero attached hydrogens (tertiary/aromatic N) is 5. The largest absolute Gasteiger partial charge is 0.357 e. The number of rotatable bonds is 4. The minimum atomic E-state index is -1.89. The molecule has 5 rings (SSSR count). The average molecular weight is 417 g/mol. The zero-order valence-electron chi connectivity index (χ0n) is 21.3. The number of nitrogens with one attached hydrogen (secondary N) is 1. The van der Waals surface area contributed by atoms with E-state index in [2.05, 4.69) is 20.3 Å². The monoisotopic (exact) mass is 416 g/mol. The van der Waals surface area contributed by atoms with E-state index in [0.717, 1.165) is 32.8 Å². The van der Waals surface area contributed by atoms with Crippen LogP contribution in [-0.2, 0) is 7.05 Å². The zero-order chi connectivity index (χ0) is 25.0. The first kappa shape index (κ1) is 15.1. The molecule has 1 amide bonds. The molecule has 4 aromatic rings. The molecule has 0 bridgehead atoms. The number of carbonyl (C=O) groups excluding carboxylic acids is 1. The van der Waals surface area contributed by atoms with Crippen LogP contribution in [0.3, 0.4) is 0 Å². The van der Waals surface area contributed by atoms with Crippen molar-refractivity contribution in [1.29, 1.82) is 0 Å². The molecule has 0 aliphatic carbocycles. The Morgan fingerprint density at radius 3 is 2.65 bits per heavy atom. The molecular formula is C24H24N6O. The Morgan fingerprint density at radius 2 is 1.87 bits per heavy atom. The van der Waals surface area contributed by atoms with E-state index in [4.69, 9.17) is 5.48 Å². The summed E-state index contributed by atoms with van der Waals surface area (Å²) in [7, 11) is 1.96. The third-order valence-corrected chi connectivity index (χ3v) is 5.38. The molecule has 0 saturated carbocycles. The average Bonchev–Trinajstić information content (AvgIpc) is 3.26. The summed E-state index contributed by atoms with van der Waals surface area (Å²) in [5.74, 6) is 0.910. The second-order valence-electron chi connectivity index (χ2n) is 7.39. The van der Waals surface area contributed by atoms with Gasteiger partial charge >= 0.3 is 0 Å². The lowest BCUT2D eigenvalue weighted by molar-refractivity contribution is 0.102. The van der Waals surface area contributed by atoms with Crippen LogP contribution in [-0.4, -0.2) is 38.4 Å². The number of aryl methyl sites for hydroxylation is 1. The van der Waals surface area contributed by atoms with Gasteiger partial charge in [0.15, 0.2) is 0 Å². The smallest absolute Gasteiger partial charge is 0.257 e. The molecule has 7 heteroatoms. The maximum absolute atomic E-state index is 13.0. The van der Waals surface area contributed by atoms with Gasteiger partial charge in [0.1, 0.15) is 17.5 Å². The van der Waals surface area contributed by atoms with E-state index in [9.17, 15) is 4.79 Å². The van der Waals surface area contributed by atoms with E-state index < -0.39 is 18.9 Å². The molecule has 1 fully saturated rings. The number of fused-ring (bicyclic) bond motifs is 1. The van der Waals surface area contributed by atoms with Crippen molar-refractivity contribution in [3.63, 3.8) is 0 Å². The van der Waals surface area contributed by atoms with E-state index in [-0.39, 0.29) is 24.2 Å². The molecule has 1 N–H and O–H groups in total. The highest BCUT2D eigenvalue weighted by Crippen LogP contribution is 2.26. The normalized spacial score (nSPS) is 18.8. The highest BCUT2D eigenvalue weighted by atomic mass is 16.1. The Bertz CT molecular complexity index is 1440. The summed E-state index contributed by atoms with van der Waals surface area (Å²) >= 11 is 0. The minimum absolute atomic E-state index is 0.0412. The molecule has 7 nitrogen and oxygen atoms in total. The predicted molar refractivity (Wildman–Crippen MR) is 122 cm³/mol. The van der Waals surface area contributed by atoms with Crippen LogP contribution in [0.2, 0.25) is 0 Å². The lowest BCUT2D eigenvalue weighted by Gasteiger charge is -2.16. The van der Waals surface area contributed by atoms with Gasteiger partial charge < -0.3 is 14.8 Å². The van der Waals surface area contributed by atoms with Gasteiger partial charge in [-0.25, -0.2) is 15.0 Å². The van der Waals surface area contributed by atoms with E-state index in [1.165, 1.54) is 18.3 Å². The number of hydrogen-bond acceptors (Lipinski definition) is 5. The quantitative estimate of drug-likeness (QED) is 0.540. The van der Waals surface area contributed by atoms with Crippen molar-refractivity contribution in [3.8, 4) is 11.3 Å². The first-order valence-corrected chi connectivity index (χ1v) is 10.0. The number of benzene rings is 1. The van der Waals surface area contributed by atoms with Crippen molar-refractivity contribution < 1.29 is 10.3 Å². The lowest BCUT2D eigenvalue weighted by Crippen LogP contribution is -2.20. The second kappa shape index (κ2) is 7.83. The van der Waals surface area contributed by atoms with Crippen molar-refractivity contribution in [2.75, 3.05) is 23.2 Å². The van der Waals surface area contributed by atoms with Crippen LogP contribution in [0.4, 0.5) is 11.6 Å². The number of aromatic nitrogens is 4. The van der Waals surface area contributed by atoms with Crippen molar-refractivity contribution in [2.45, 2.75) is 19.8 Å². The Balaban J connectivity index is 1.42. The Morgan fingerprint density at radius 1 is 1.03 bits per heavy atom. The molecule has 0 spiro atoms. The maximum Gasteiger partial charge on any atom is 0.257 e. The molecule has 1 aromatic carbocycles. The first-order valence-electron chi connectivity index (χ1n) is 12.0. The fourth-order valence-corrected chi connectivity index (χ4v) is 3.56. The molecule has 3 aromatic heterocycles. The van der Waals surface area contributed by atoms with Crippen LogP contribution in [0.5, 0.6) is 0 Å². The summed E-state index contributed by atoms with van der Waals surface area (Å²) in [5.41, 5.74) is 2.21. The molecule has 1 aliphatic heterocycles. The van der Waals surface area contributed by atoms with Gasteiger partial charge in [0.25, 0.3) is 5.91 Å². The third-order valence-electron chi connectivity index (χ3n) is 5.38. The van der Waals surface area contributed by atoms with Gasteiger partial charge in [-0.05, 0) is 49.4 Å². The van der Waals surface area contributed by atoms with Crippen LogP contribution in [0.15, 0.2) is 55.0 Å². The number of carbonyl (C=O) groups is 1. The number of hydrogen-bond donors (Lipinski definition) is 1. The molecule has 4 heterocycles. The fourth-order valence-electron chi connectivity index (χ4n) is 3.56. The predicted octanol–water partition coefficient (Wildman–Crippen LogP) is 4.19. The van der Waals surface area contributed by atoms with Gasteiger partial charge in [-0.15, -0.1) is 0 Å². The Hall–Kier alpha value is -3.74. The lowest BCUT2D eigenvalue weighted by atomic mass is 10.1. The number of imidazole rings is 1. The number of amides is 1. The maximum atomic E-state index is 13.0. The van der Waals surface area contributed by atoms with Gasteiger partial charge in [0.05, 0.1) is 11.9 Å². The first-order chi connectivity index (χ1) is 16.5. The van der Waals surface area contributed by atoms with Crippen LogP contribution in [0, 0.1) is 6.92 Å². The molecular weight excluding hydrogens is 388 g/mol. The minimum Gasteiger partial charge on any atom is -0.357 e. The van der Waals surface area contributed by atoms with Crippen LogP contribution in [0.25, 0.3) is 22.0 Å². The molecule has 0 radical (unpaired) electrons. The standard InChI is InChI=1S/C24H24N6O/c1-16-26-15-21(29(16)2)17-5-6-19-14-27-22(12-20(19)11-17)28-24(31)18-7-8-25-23(13-18)30-9-3-4-10-30/h5-8,11-15H,3-4,9-10H2,1-2H3,(H,27,28,31)/i9D2,10D2. The van der Waals surface area contributed by atoms with Gasteiger partial charge in [0.2, 0.25) is 0 Å². The van der Waals surface area contributed by atoms with Gasteiger partial charge in [-0.1, -0.05) is 12.1 Å². The van der Waals surface area contributed by atoms with Crippen LogP contribution in [0.1, 0.15) is 34.5 Å². The fraction of sp³-hybridized carbons (Fsp3) is 0.250. The van der Waals surface area contributed by atoms with Crippen molar-refractivity contribution in [3.05, 3.63) is 66.4 Å². The summed E-state index contributed by atoms with van der Waals surface area (Å²) in [6, 6.07) is 10.7. The Kier molecular flexibility index (Phi) is 3.82. The van der Waals surface area contributed by atoms with E-state index in [1.54, 1.807) is 12.3 Å². The number of pyridine rings is 2. The summed E-state index contributed by atoms with van der Waals surface area (Å²) in [6.07, 6.45) is 4.98. The highest BCUT2D eigenvalue weighted by molar-refractivity contribution is 6.05. The molecule has 1 aliphatic rings. The summed E-state index contributed by atoms with van der Waals surface area (Å²) in [6.45, 7) is -1.84. The van der Waals surface area contributed by atoms with Crippen LogP contribution < -0.4 is 10.2 Å². The SMILES string of the molecule is [2H]C1([2H])CCC([2H])([2H])N1c1cc(C(=O)Nc2cc3cc(-c4cnc(C)n4C)ccc3cn2)ccn1. The van der Waals surface area contributed by atoms with Crippen molar-refractivity contribution >= 4 is 28.3 Å². The van der Waals surface area contributed by atoms with Crippen molar-refractivity contribution in [1.82, 2.24) is 19.5 Å². The molecule has 31 heavy (non-hydrogen) atoms. The topological polar surface area (TPSA) is 75.9 Å². The molecule has 1 saturated heterocycles. The summed E-state index contributed by atoms with van der Waals surface area (Å²) in [4.78, 5) is 26.8. The summed E-state index contributed by atoms with van der Waals surface area (Å²) < 4.78 is 34.7. The Labute approximate surface area is 186 Å².